The highest BCUT2D eigenvalue weighted by atomic mass is 35.5. The minimum absolute atomic E-state index is 0.351. The lowest BCUT2D eigenvalue weighted by Crippen LogP contribution is -2.15. The Morgan fingerprint density at radius 1 is 1.20 bits per heavy atom. The molecule has 0 atom stereocenters. The number of unbranched alkanes of at least 4 members (excludes halogenated alkanes) is 2. The molecule has 0 radical (unpaired) electrons. The first-order valence-electron chi connectivity index (χ1n) is 11.9. The third-order valence-electron chi connectivity index (χ3n) is 5.36. The standard InChI is InChI=1S/C25H34ClN9/c1-3-4-5-12-29-19(2)23-24(34-25(26)33-23)30-13-6-7-21-14-32-35(16-21)15-20-8-10-22(11-9-20)31-18-28-17-27/h8-11,14,16-18,29-30H,2-7,12-13,15H2,1H3,(H,33,34)(H2,27,28,31). The first kappa shape index (κ1) is 26.0. The third-order valence-corrected chi connectivity index (χ3v) is 5.54. The number of imidazole rings is 1. The average molecular weight is 496 g/mol. The molecule has 0 fully saturated rings. The fourth-order valence-electron chi connectivity index (χ4n) is 3.53. The Balaban J connectivity index is 1.44. The van der Waals surface area contributed by atoms with Crippen LogP contribution in [-0.2, 0) is 13.0 Å². The lowest BCUT2D eigenvalue weighted by Gasteiger charge is -2.10. The van der Waals surface area contributed by atoms with Crippen molar-refractivity contribution in [1.82, 2.24) is 25.1 Å². The van der Waals surface area contributed by atoms with Crippen LogP contribution in [0.3, 0.4) is 0 Å². The number of aromatic nitrogens is 4. The summed E-state index contributed by atoms with van der Waals surface area (Å²) in [4.78, 5) is 15.4. The second-order valence-electron chi connectivity index (χ2n) is 8.15. The molecule has 10 heteroatoms. The maximum absolute atomic E-state index is 6.11. The molecule has 0 bridgehead atoms. The smallest absolute Gasteiger partial charge is 0.202 e. The fourth-order valence-corrected chi connectivity index (χ4v) is 3.71. The summed E-state index contributed by atoms with van der Waals surface area (Å²) in [5.74, 6) is 0.723. The number of nitrogens with one attached hydrogen (secondary N) is 3. The Hall–Kier alpha value is -3.59. The lowest BCUT2D eigenvalue weighted by atomic mass is 10.2. The summed E-state index contributed by atoms with van der Waals surface area (Å²) in [6, 6.07) is 7.95. The number of hydrogen-bond acceptors (Lipinski definition) is 5. The van der Waals surface area contributed by atoms with Crippen LogP contribution in [0.15, 0.2) is 53.2 Å². The number of aryl methyl sites for hydroxylation is 1. The van der Waals surface area contributed by atoms with E-state index in [4.69, 9.17) is 17.3 Å². The minimum atomic E-state index is 0.351. The van der Waals surface area contributed by atoms with Gasteiger partial charge in [0.25, 0.3) is 0 Å². The monoisotopic (exact) mass is 495 g/mol. The zero-order valence-electron chi connectivity index (χ0n) is 20.2. The van der Waals surface area contributed by atoms with Crippen molar-refractivity contribution in [2.24, 2.45) is 15.7 Å². The molecule has 0 saturated carbocycles. The first-order chi connectivity index (χ1) is 17.1. The number of nitrogens with two attached hydrogens (primary N) is 1. The summed E-state index contributed by atoms with van der Waals surface area (Å²) >= 11 is 6.11. The molecule has 2 heterocycles. The van der Waals surface area contributed by atoms with E-state index in [0.29, 0.717) is 11.8 Å². The van der Waals surface area contributed by atoms with E-state index in [9.17, 15) is 0 Å². The van der Waals surface area contributed by atoms with E-state index in [2.05, 4.69) is 55.4 Å². The number of anilines is 1. The van der Waals surface area contributed by atoms with Crippen LogP contribution in [0.1, 0.15) is 49.4 Å². The van der Waals surface area contributed by atoms with Gasteiger partial charge in [-0.15, -0.1) is 0 Å². The number of aromatic amines is 1. The number of rotatable bonds is 15. The van der Waals surface area contributed by atoms with E-state index in [1.165, 1.54) is 31.1 Å². The van der Waals surface area contributed by atoms with Crippen LogP contribution < -0.4 is 16.4 Å². The van der Waals surface area contributed by atoms with Gasteiger partial charge in [-0.2, -0.15) is 5.10 Å². The maximum Gasteiger partial charge on any atom is 0.202 e. The zero-order valence-corrected chi connectivity index (χ0v) is 20.9. The Morgan fingerprint density at radius 2 is 2.03 bits per heavy atom. The van der Waals surface area contributed by atoms with E-state index < -0.39 is 0 Å². The highest BCUT2D eigenvalue weighted by molar-refractivity contribution is 6.28. The summed E-state index contributed by atoms with van der Waals surface area (Å²) in [6.07, 6.45) is 12.0. The summed E-state index contributed by atoms with van der Waals surface area (Å²) in [5.41, 5.74) is 9.97. The predicted molar refractivity (Wildman–Crippen MR) is 146 cm³/mol. The molecule has 0 aliphatic rings. The summed E-state index contributed by atoms with van der Waals surface area (Å²) < 4.78 is 1.94. The van der Waals surface area contributed by atoms with E-state index in [0.717, 1.165) is 60.8 Å². The third kappa shape index (κ3) is 8.60. The Morgan fingerprint density at radius 3 is 2.80 bits per heavy atom. The van der Waals surface area contributed by atoms with Gasteiger partial charge in [-0.1, -0.05) is 38.5 Å². The van der Waals surface area contributed by atoms with E-state index in [1.54, 1.807) is 0 Å². The summed E-state index contributed by atoms with van der Waals surface area (Å²) in [6.45, 7) is 8.66. The van der Waals surface area contributed by atoms with Gasteiger partial charge in [-0.3, -0.25) is 4.68 Å². The van der Waals surface area contributed by atoms with E-state index in [1.807, 2.05) is 35.1 Å². The van der Waals surface area contributed by atoms with Crippen LogP contribution >= 0.6 is 11.6 Å². The molecule has 5 N–H and O–H groups in total. The number of H-pyrrole nitrogens is 1. The lowest BCUT2D eigenvalue weighted by molar-refractivity contribution is 0.686. The molecule has 2 aromatic heterocycles. The molecule has 0 aliphatic heterocycles. The van der Waals surface area contributed by atoms with Crippen molar-refractivity contribution < 1.29 is 0 Å². The van der Waals surface area contributed by atoms with Crippen molar-refractivity contribution in [3.05, 3.63) is 65.3 Å². The van der Waals surface area contributed by atoms with Gasteiger partial charge in [0, 0.05) is 19.3 Å². The highest BCUT2D eigenvalue weighted by Gasteiger charge is 2.12. The molecule has 0 saturated heterocycles. The van der Waals surface area contributed by atoms with Crippen molar-refractivity contribution in [2.75, 3.05) is 18.4 Å². The van der Waals surface area contributed by atoms with Crippen LogP contribution in [-0.4, -0.2) is 45.5 Å². The minimum Gasteiger partial charge on any atom is -0.390 e. The molecule has 0 aliphatic carbocycles. The molecular formula is C25H34ClN9. The first-order valence-corrected chi connectivity index (χ1v) is 12.3. The Kier molecular flexibility index (Phi) is 10.4. The summed E-state index contributed by atoms with van der Waals surface area (Å²) in [7, 11) is 0. The predicted octanol–water partition coefficient (Wildman–Crippen LogP) is 4.75. The van der Waals surface area contributed by atoms with Gasteiger partial charge in [-0.05, 0) is 54.1 Å². The number of aliphatic imine (C=N–C) groups is 2. The van der Waals surface area contributed by atoms with Crippen LogP contribution in [0.25, 0.3) is 5.70 Å². The molecule has 0 unspecified atom stereocenters. The molecule has 0 amide bonds. The number of hydrogen-bond donors (Lipinski definition) is 4. The molecule has 0 spiro atoms. The quantitative estimate of drug-likeness (QED) is 0.138. The van der Waals surface area contributed by atoms with Crippen LogP contribution in [0.2, 0.25) is 5.28 Å². The normalized spacial score (nSPS) is 11.5. The Labute approximate surface area is 211 Å². The fraction of sp³-hybridized carbons (Fsp3) is 0.360. The van der Waals surface area contributed by atoms with Crippen molar-refractivity contribution in [1.29, 1.82) is 0 Å². The molecular weight excluding hydrogens is 462 g/mol. The van der Waals surface area contributed by atoms with Gasteiger partial charge in [0.2, 0.25) is 5.28 Å². The van der Waals surface area contributed by atoms with Crippen molar-refractivity contribution in [3.8, 4) is 0 Å². The molecule has 3 aromatic rings. The van der Waals surface area contributed by atoms with Gasteiger partial charge < -0.3 is 21.4 Å². The topological polar surface area (TPSA) is 121 Å². The van der Waals surface area contributed by atoms with Gasteiger partial charge >= 0.3 is 0 Å². The van der Waals surface area contributed by atoms with Gasteiger partial charge in [0.05, 0.1) is 30.5 Å². The Bertz CT molecular complexity index is 1110. The maximum atomic E-state index is 6.11. The largest absolute Gasteiger partial charge is 0.390 e. The van der Waals surface area contributed by atoms with Crippen molar-refractivity contribution in [3.63, 3.8) is 0 Å². The second-order valence-corrected chi connectivity index (χ2v) is 8.51. The van der Waals surface area contributed by atoms with Crippen molar-refractivity contribution in [2.45, 2.75) is 45.6 Å². The molecule has 35 heavy (non-hydrogen) atoms. The van der Waals surface area contributed by atoms with Crippen LogP contribution in [0, 0.1) is 0 Å². The second kappa shape index (κ2) is 14.0. The number of benzene rings is 1. The van der Waals surface area contributed by atoms with Crippen molar-refractivity contribution >= 4 is 41.5 Å². The summed E-state index contributed by atoms with van der Waals surface area (Å²) in [5, 5.41) is 11.6. The van der Waals surface area contributed by atoms with E-state index >= 15 is 0 Å². The molecule has 186 valence electrons. The number of halogens is 1. The van der Waals surface area contributed by atoms with Gasteiger partial charge in [-0.25, -0.2) is 15.0 Å². The zero-order chi connectivity index (χ0) is 24.9. The van der Waals surface area contributed by atoms with Crippen LogP contribution in [0.5, 0.6) is 0 Å². The molecule has 3 rings (SSSR count). The van der Waals surface area contributed by atoms with Gasteiger partial charge in [0.15, 0.2) is 5.82 Å². The van der Waals surface area contributed by atoms with E-state index in [-0.39, 0.29) is 0 Å². The average Bonchev–Trinajstić information content (AvgIpc) is 3.46. The molecule has 1 aromatic carbocycles. The van der Waals surface area contributed by atoms with Gasteiger partial charge in [0.1, 0.15) is 12.0 Å². The van der Waals surface area contributed by atoms with Crippen LogP contribution in [0.4, 0.5) is 11.5 Å². The SMILES string of the molecule is C=C(NCCCCC)c1[nH]c(Cl)nc1NCCCc1cnn(Cc2ccc(N=CN=CN)cc2)c1. The molecule has 9 nitrogen and oxygen atoms in total. The number of nitrogens with zero attached hydrogens (tertiary/aromatic N) is 5. The highest BCUT2D eigenvalue weighted by Crippen LogP contribution is 2.21.